The fourth-order valence-electron chi connectivity index (χ4n) is 2.67. The number of hydrogen-bond donors (Lipinski definition) is 5. The number of carbonyl (C=O) groups is 1. The Morgan fingerprint density at radius 2 is 1.85 bits per heavy atom. The summed E-state index contributed by atoms with van der Waals surface area (Å²) in [4.78, 5) is 72.9. The summed E-state index contributed by atoms with van der Waals surface area (Å²) in [6, 6.07) is 0. The average Bonchev–Trinajstić information content (AvgIpc) is 3.02. The summed E-state index contributed by atoms with van der Waals surface area (Å²) in [5.41, 5.74) is -1.25. The largest absolute Gasteiger partial charge is 0.490 e. The average molecular weight is 570 g/mol. The van der Waals surface area contributed by atoms with Crippen molar-refractivity contribution in [1.29, 1.82) is 0 Å². The molecule has 5 N–H and O–H groups in total. The minimum atomic E-state index is -5.71. The Morgan fingerprint density at radius 1 is 1.21 bits per heavy atom. The molecule has 21 heteroatoms. The van der Waals surface area contributed by atoms with E-state index in [0.717, 1.165) is 16.3 Å². The number of rotatable bonds is 11. The molecule has 1 aromatic rings. The van der Waals surface area contributed by atoms with E-state index in [0.29, 0.717) is 0 Å². The van der Waals surface area contributed by atoms with Gasteiger partial charge in [0.25, 0.3) is 5.56 Å². The summed E-state index contributed by atoms with van der Waals surface area (Å²) >= 11 is 0.799. The minimum Gasteiger partial charge on any atom is -0.364 e. The number of aryl methyl sites for hydroxylation is 1. The van der Waals surface area contributed by atoms with Gasteiger partial charge in [0.1, 0.15) is 12.3 Å². The molecule has 2 rings (SSSR count). The molecule has 5 atom stereocenters. The number of aromatic nitrogens is 2. The van der Waals surface area contributed by atoms with E-state index in [9.17, 15) is 37.9 Å². The first-order valence-electron chi connectivity index (χ1n) is 8.99. The Balaban J connectivity index is 2.15. The molecule has 17 nitrogen and oxygen atoms in total. The normalized spacial score (nSPS) is 24.5. The second kappa shape index (κ2) is 11.4. The number of nitrogens with one attached hydrogen (secondary N) is 1. The van der Waals surface area contributed by atoms with Crippen molar-refractivity contribution in [3.05, 3.63) is 32.6 Å². The number of aromatic amines is 1. The highest BCUT2D eigenvalue weighted by Gasteiger charge is 2.43. The first-order valence-corrected chi connectivity index (χ1v) is 14.5. The minimum absolute atomic E-state index is 0.0335. The zero-order valence-corrected chi connectivity index (χ0v) is 20.9. The summed E-state index contributed by atoms with van der Waals surface area (Å²) in [7, 11) is -16.7. The monoisotopic (exact) mass is 570 g/mol. The predicted molar refractivity (Wildman–Crippen MR) is 112 cm³/mol. The lowest BCUT2D eigenvalue weighted by Gasteiger charge is -2.21. The lowest BCUT2D eigenvalue weighted by molar-refractivity contribution is -0.109. The highest BCUT2D eigenvalue weighted by atomic mass is 32.2. The van der Waals surface area contributed by atoms with Crippen molar-refractivity contribution < 1.29 is 60.7 Å². The van der Waals surface area contributed by atoms with Gasteiger partial charge in [-0.2, -0.15) is 8.62 Å². The van der Waals surface area contributed by atoms with Crippen LogP contribution in [0.4, 0.5) is 0 Å². The standard InChI is InChI=1S/C13H21N2O15P3S/c1-7-4-15(13(18)14-12(7)17)11-3-9(26-6-34-8(2)16)10(28-11)5-27-32(22,23)30-33(24,25)29-31(19,20)21/h4,9-11H,3,5-6H2,1-2H3,(H,22,23)(H,24,25)(H,14,17,18)(H2,19,20,21)/t9?,10-,11-/m1/s1. The van der Waals surface area contributed by atoms with Crippen molar-refractivity contribution in [3.63, 3.8) is 0 Å². The van der Waals surface area contributed by atoms with E-state index in [-0.39, 0.29) is 23.0 Å². The number of carbonyl (C=O) groups excluding carboxylic acids is 1. The quantitative estimate of drug-likeness (QED) is 0.175. The van der Waals surface area contributed by atoms with Gasteiger partial charge in [0.2, 0.25) is 0 Å². The molecular weight excluding hydrogens is 549 g/mol. The highest BCUT2D eigenvalue weighted by Crippen LogP contribution is 2.66. The van der Waals surface area contributed by atoms with Crippen molar-refractivity contribution in [2.45, 2.75) is 38.7 Å². The lowest BCUT2D eigenvalue weighted by Crippen LogP contribution is -2.33. The van der Waals surface area contributed by atoms with Crippen molar-refractivity contribution in [3.8, 4) is 0 Å². The van der Waals surface area contributed by atoms with E-state index < -0.39 is 59.8 Å². The number of H-pyrrole nitrogens is 1. The van der Waals surface area contributed by atoms with Gasteiger partial charge >= 0.3 is 29.2 Å². The lowest BCUT2D eigenvalue weighted by atomic mass is 10.2. The zero-order chi connectivity index (χ0) is 25.9. The molecule has 34 heavy (non-hydrogen) atoms. The van der Waals surface area contributed by atoms with Crippen LogP contribution in [0.25, 0.3) is 0 Å². The molecule has 1 aliphatic heterocycles. The van der Waals surface area contributed by atoms with Crippen LogP contribution in [0.1, 0.15) is 25.1 Å². The SMILES string of the molecule is CC(=O)SCOC1C[C@H](n2cc(C)c(=O)[nH]c2=O)O[C@@H]1COP(=O)(O)OP(=O)(O)OP(=O)(O)O. The van der Waals surface area contributed by atoms with E-state index >= 15 is 0 Å². The van der Waals surface area contributed by atoms with Gasteiger partial charge in [-0.05, 0) is 6.92 Å². The van der Waals surface area contributed by atoms with E-state index in [1.807, 2.05) is 0 Å². The Labute approximate surface area is 194 Å². The van der Waals surface area contributed by atoms with Crippen LogP contribution in [0, 0.1) is 6.92 Å². The Morgan fingerprint density at radius 3 is 2.44 bits per heavy atom. The summed E-state index contributed by atoms with van der Waals surface area (Å²) in [5, 5.41) is -0.271. The molecule has 0 spiro atoms. The van der Waals surface area contributed by atoms with Crippen LogP contribution in [0.3, 0.4) is 0 Å². The number of hydrogen-bond acceptors (Lipinski definition) is 12. The summed E-state index contributed by atoms with van der Waals surface area (Å²) < 4.78 is 58.1. The van der Waals surface area contributed by atoms with Gasteiger partial charge in [0.15, 0.2) is 5.12 Å². The number of phosphoric ester groups is 1. The van der Waals surface area contributed by atoms with Gasteiger partial charge in [-0.1, -0.05) is 11.8 Å². The van der Waals surface area contributed by atoms with Gasteiger partial charge < -0.3 is 29.0 Å². The zero-order valence-electron chi connectivity index (χ0n) is 17.4. The molecule has 0 bridgehead atoms. The third-order valence-electron chi connectivity index (χ3n) is 4.00. The smallest absolute Gasteiger partial charge is 0.364 e. The van der Waals surface area contributed by atoms with Crippen LogP contribution in [0.2, 0.25) is 0 Å². The Hall–Kier alpha value is -0.970. The second-order valence-electron chi connectivity index (χ2n) is 6.69. The second-order valence-corrected chi connectivity index (χ2v) is 12.2. The molecule has 194 valence electrons. The highest BCUT2D eigenvalue weighted by molar-refractivity contribution is 8.13. The van der Waals surface area contributed by atoms with Gasteiger partial charge in [0, 0.05) is 25.1 Å². The fourth-order valence-corrected chi connectivity index (χ4v) is 6.11. The Bertz CT molecular complexity index is 1160. The maximum absolute atomic E-state index is 12.1. The number of thioether (sulfide) groups is 1. The van der Waals surface area contributed by atoms with Crippen molar-refractivity contribution in [2.75, 3.05) is 12.5 Å². The van der Waals surface area contributed by atoms with Crippen molar-refractivity contribution >= 4 is 40.3 Å². The molecule has 0 saturated carbocycles. The molecule has 1 fully saturated rings. The first kappa shape index (κ1) is 29.3. The van der Waals surface area contributed by atoms with E-state index in [4.69, 9.17) is 19.3 Å². The van der Waals surface area contributed by atoms with E-state index in [1.54, 1.807) is 0 Å². The van der Waals surface area contributed by atoms with Gasteiger partial charge in [-0.15, -0.1) is 0 Å². The van der Waals surface area contributed by atoms with Crippen LogP contribution in [0.5, 0.6) is 0 Å². The summed E-state index contributed by atoms with van der Waals surface area (Å²) in [5.74, 6) is -0.151. The number of phosphoric acid groups is 3. The van der Waals surface area contributed by atoms with E-state index in [2.05, 4.69) is 18.1 Å². The molecular formula is C13H21N2O15P3S. The van der Waals surface area contributed by atoms with Gasteiger partial charge in [0.05, 0.1) is 18.6 Å². The molecule has 0 aromatic carbocycles. The van der Waals surface area contributed by atoms with Gasteiger partial charge in [-0.25, -0.2) is 18.5 Å². The topological polar surface area (TPSA) is 250 Å². The van der Waals surface area contributed by atoms with Crippen LogP contribution >= 0.6 is 35.2 Å². The number of nitrogens with zero attached hydrogens (tertiary/aromatic N) is 1. The third kappa shape index (κ3) is 9.24. The maximum Gasteiger partial charge on any atom is 0.490 e. The third-order valence-corrected chi connectivity index (χ3v) is 8.46. The van der Waals surface area contributed by atoms with E-state index in [1.165, 1.54) is 20.0 Å². The summed E-state index contributed by atoms with van der Waals surface area (Å²) in [6.07, 6.45) is -1.97. The first-order chi connectivity index (χ1) is 15.5. The van der Waals surface area contributed by atoms with Gasteiger partial charge in [-0.3, -0.25) is 23.7 Å². The summed E-state index contributed by atoms with van der Waals surface area (Å²) in [6.45, 7) is 1.90. The molecule has 0 aliphatic carbocycles. The Kier molecular flexibility index (Phi) is 9.80. The predicted octanol–water partition coefficient (Wildman–Crippen LogP) is 0.0982. The van der Waals surface area contributed by atoms with Crippen molar-refractivity contribution in [2.24, 2.45) is 0 Å². The van der Waals surface area contributed by atoms with Crippen molar-refractivity contribution in [1.82, 2.24) is 9.55 Å². The molecule has 3 unspecified atom stereocenters. The van der Waals surface area contributed by atoms with Crippen LogP contribution in [-0.2, 0) is 41.1 Å². The molecule has 0 radical (unpaired) electrons. The molecule has 2 heterocycles. The van der Waals surface area contributed by atoms with Crippen LogP contribution < -0.4 is 11.2 Å². The molecule has 1 saturated heterocycles. The molecule has 1 aromatic heterocycles. The maximum atomic E-state index is 12.1. The van der Waals surface area contributed by atoms with Crippen LogP contribution in [0.15, 0.2) is 15.8 Å². The van der Waals surface area contributed by atoms with Crippen LogP contribution in [-0.4, -0.2) is 59.0 Å². The molecule has 0 amide bonds. The number of ether oxygens (including phenoxy) is 2. The fraction of sp³-hybridized carbons (Fsp3) is 0.615. The molecule has 1 aliphatic rings.